The quantitative estimate of drug-likeness (QED) is 0.832. The summed E-state index contributed by atoms with van der Waals surface area (Å²) in [5, 5.41) is 10.1. The Morgan fingerprint density at radius 3 is 2.38 bits per heavy atom. The lowest BCUT2D eigenvalue weighted by atomic mass is 10.0. The average Bonchev–Trinajstić information content (AvgIpc) is 3.07. The summed E-state index contributed by atoms with van der Waals surface area (Å²) in [7, 11) is 5.06. The Labute approximate surface area is 154 Å². The van der Waals surface area contributed by atoms with Gasteiger partial charge < -0.3 is 15.1 Å². The smallest absolute Gasteiger partial charge is 0.318 e. The summed E-state index contributed by atoms with van der Waals surface area (Å²) in [5.74, 6) is -0.117. The fourth-order valence-electron chi connectivity index (χ4n) is 2.56. The lowest BCUT2D eigenvalue weighted by Crippen LogP contribution is -2.52. The Hall–Kier alpha value is -2.83. The second-order valence-electron chi connectivity index (χ2n) is 6.90. The van der Waals surface area contributed by atoms with Gasteiger partial charge in [0.2, 0.25) is 5.91 Å². The third-order valence-electron chi connectivity index (χ3n) is 4.11. The van der Waals surface area contributed by atoms with Gasteiger partial charge in [-0.05, 0) is 12.0 Å². The molecule has 0 unspecified atom stereocenters. The predicted molar refractivity (Wildman–Crippen MR) is 101 cm³/mol. The molecule has 0 fully saturated rings. The molecular weight excluding hydrogens is 330 g/mol. The van der Waals surface area contributed by atoms with Crippen molar-refractivity contribution in [3.63, 3.8) is 0 Å². The topological polar surface area (TPSA) is 81.3 Å². The first kappa shape index (κ1) is 19.5. The molecule has 2 aromatic rings. The van der Waals surface area contributed by atoms with E-state index in [0.29, 0.717) is 6.54 Å². The zero-order valence-corrected chi connectivity index (χ0v) is 16.0. The molecule has 26 heavy (non-hydrogen) atoms. The first-order valence-corrected chi connectivity index (χ1v) is 8.62. The molecule has 3 amide bonds. The minimum absolute atomic E-state index is 0.000845. The molecule has 0 aliphatic rings. The van der Waals surface area contributed by atoms with Crippen LogP contribution in [0.2, 0.25) is 0 Å². The van der Waals surface area contributed by atoms with E-state index in [0.717, 1.165) is 17.0 Å². The standard InChI is InChI=1S/C19H27N5O2/c1-13(2)17(18(25)23(3)4)20-19(26)24(5)12-15-11-16(22-21-15)14-9-7-6-8-10-14/h6-11,13,17H,12H2,1-5H3,(H,20,26)(H,21,22)/t17-/m1/s1. The Balaban J connectivity index is 2.00. The van der Waals surface area contributed by atoms with Gasteiger partial charge in [-0.15, -0.1) is 0 Å². The SMILES string of the molecule is CC(C)[C@@H](NC(=O)N(C)Cc1cc(-c2ccccc2)n[nH]1)C(=O)N(C)C. The van der Waals surface area contributed by atoms with Gasteiger partial charge in [0.15, 0.2) is 0 Å². The number of rotatable bonds is 6. The lowest BCUT2D eigenvalue weighted by molar-refractivity contribution is -0.131. The van der Waals surface area contributed by atoms with Gasteiger partial charge in [0.25, 0.3) is 0 Å². The zero-order chi connectivity index (χ0) is 19.3. The number of carbonyl (C=O) groups is 2. The highest BCUT2D eigenvalue weighted by Crippen LogP contribution is 2.17. The number of amides is 3. The molecule has 2 rings (SSSR count). The van der Waals surface area contributed by atoms with Gasteiger partial charge in [0, 0.05) is 26.7 Å². The maximum absolute atomic E-state index is 12.5. The van der Waals surface area contributed by atoms with Crippen LogP contribution in [0.3, 0.4) is 0 Å². The Morgan fingerprint density at radius 1 is 1.15 bits per heavy atom. The van der Waals surface area contributed by atoms with Crippen molar-refractivity contribution in [2.75, 3.05) is 21.1 Å². The summed E-state index contributed by atoms with van der Waals surface area (Å²) in [5.41, 5.74) is 2.66. The van der Waals surface area contributed by atoms with Crippen molar-refractivity contribution in [3.8, 4) is 11.3 Å². The van der Waals surface area contributed by atoms with E-state index in [-0.39, 0.29) is 17.9 Å². The van der Waals surface area contributed by atoms with Crippen LogP contribution in [0.5, 0.6) is 0 Å². The van der Waals surface area contributed by atoms with Crippen LogP contribution >= 0.6 is 0 Å². The predicted octanol–water partition coefficient (Wildman–Crippen LogP) is 2.33. The number of aromatic nitrogens is 2. The van der Waals surface area contributed by atoms with Crippen molar-refractivity contribution in [2.24, 2.45) is 5.92 Å². The van der Waals surface area contributed by atoms with E-state index in [1.54, 1.807) is 21.1 Å². The maximum atomic E-state index is 12.5. The van der Waals surface area contributed by atoms with Gasteiger partial charge in [-0.3, -0.25) is 9.89 Å². The van der Waals surface area contributed by atoms with Crippen molar-refractivity contribution in [1.29, 1.82) is 0 Å². The van der Waals surface area contributed by atoms with Crippen LogP contribution in [0.25, 0.3) is 11.3 Å². The number of likely N-dealkylation sites (N-methyl/N-ethyl adjacent to an activating group) is 1. The van der Waals surface area contributed by atoms with Crippen LogP contribution in [0.15, 0.2) is 36.4 Å². The number of nitrogens with one attached hydrogen (secondary N) is 2. The molecule has 1 atom stereocenters. The Morgan fingerprint density at radius 2 is 1.81 bits per heavy atom. The number of hydrogen-bond donors (Lipinski definition) is 2. The molecule has 0 saturated carbocycles. The van der Waals surface area contributed by atoms with Gasteiger partial charge in [0.05, 0.1) is 17.9 Å². The maximum Gasteiger partial charge on any atom is 0.318 e. The minimum atomic E-state index is -0.554. The second kappa shape index (κ2) is 8.51. The van der Waals surface area contributed by atoms with Gasteiger partial charge in [-0.1, -0.05) is 44.2 Å². The molecule has 0 radical (unpaired) electrons. The van der Waals surface area contributed by atoms with Crippen molar-refractivity contribution < 1.29 is 9.59 Å². The Bertz CT molecular complexity index is 739. The van der Waals surface area contributed by atoms with Crippen LogP contribution in [0, 0.1) is 5.92 Å². The molecule has 0 spiro atoms. The van der Waals surface area contributed by atoms with Crippen LogP contribution in [-0.4, -0.2) is 59.1 Å². The molecule has 7 nitrogen and oxygen atoms in total. The van der Waals surface area contributed by atoms with Crippen LogP contribution in [0.1, 0.15) is 19.5 Å². The summed E-state index contributed by atoms with van der Waals surface area (Å²) < 4.78 is 0. The number of hydrogen-bond acceptors (Lipinski definition) is 3. The molecule has 1 aromatic carbocycles. The zero-order valence-electron chi connectivity index (χ0n) is 16.0. The van der Waals surface area contributed by atoms with E-state index < -0.39 is 6.04 Å². The molecule has 2 N–H and O–H groups in total. The summed E-state index contributed by atoms with van der Waals surface area (Å²) in [6.45, 7) is 4.19. The molecule has 0 aliphatic heterocycles. The summed E-state index contributed by atoms with van der Waals surface area (Å²) in [6, 6.07) is 10.9. The van der Waals surface area contributed by atoms with Gasteiger partial charge in [-0.2, -0.15) is 5.10 Å². The number of urea groups is 1. The van der Waals surface area contributed by atoms with E-state index >= 15 is 0 Å². The fourth-order valence-corrected chi connectivity index (χ4v) is 2.56. The van der Waals surface area contributed by atoms with Crippen LogP contribution < -0.4 is 5.32 Å². The fraction of sp³-hybridized carbons (Fsp3) is 0.421. The van der Waals surface area contributed by atoms with Crippen LogP contribution in [-0.2, 0) is 11.3 Å². The molecule has 7 heteroatoms. The van der Waals surface area contributed by atoms with Gasteiger partial charge in [-0.25, -0.2) is 4.79 Å². The number of carbonyl (C=O) groups excluding carboxylic acids is 2. The number of benzene rings is 1. The third-order valence-corrected chi connectivity index (χ3v) is 4.11. The van der Waals surface area contributed by atoms with E-state index in [2.05, 4.69) is 15.5 Å². The molecule has 0 bridgehead atoms. The lowest BCUT2D eigenvalue weighted by Gasteiger charge is -2.27. The number of nitrogens with zero attached hydrogens (tertiary/aromatic N) is 3. The van der Waals surface area contributed by atoms with Crippen molar-refractivity contribution in [1.82, 2.24) is 25.3 Å². The highest BCUT2D eigenvalue weighted by molar-refractivity contribution is 5.87. The second-order valence-corrected chi connectivity index (χ2v) is 6.90. The first-order valence-electron chi connectivity index (χ1n) is 8.62. The molecule has 1 heterocycles. The van der Waals surface area contributed by atoms with E-state index in [4.69, 9.17) is 0 Å². The third kappa shape index (κ3) is 4.84. The normalized spacial score (nSPS) is 11.9. The van der Waals surface area contributed by atoms with Crippen molar-refractivity contribution in [2.45, 2.75) is 26.4 Å². The molecular formula is C19H27N5O2. The highest BCUT2D eigenvalue weighted by Gasteiger charge is 2.26. The van der Waals surface area contributed by atoms with Gasteiger partial charge in [0.1, 0.15) is 6.04 Å². The minimum Gasteiger partial charge on any atom is -0.347 e. The molecule has 1 aromatic heterocycles. The first-order chi connectivity index (χ1) is 12.3. The van der Waals surface area contributed by atoms with E-state index in [1.807, 2.05) is 50.2 Å². The van der Waals surface area contributed by atoms with Gasteiger partial charge >= 0.3 is 6.03 Å². The number of aromatic amines is 1. The molecule has 0 aliphatic carbocycles. The summed E-state index contributed by atoms with van der Waals surface area (Å²) in [4.78, 5) is 27.7. The van der Waals surface area contributed by atoms with Crippen molar-refractivity contribution >= 4 is 11.9 Å². The highest BCUT2D eigenvalue weighted by atomic mass is 16.2. The largest absolute Gasteiger partial charge is 0.347 e. The molecule has 140 valence electrons. The summed E-state index contributed by atoms with van der Waals surface area (Å²) in [6.07, 6.45) is 0. The molecule has 0 saturated heterocycles. The Kier molecular flexibility index (Phi) is 6.38. The van der Waals surface area contributed by atoms with E-state index in [1.165, 1.54) is 9.80 Å². The monoisotopic (exact) mass is 357 g/mol. The average molecular weight is 357 g/mol. The number of H-pyrrole nitrogens is 1. The summed E-state index contributed by atoms with van der Waals surface area (Å²) >= 11 is 0. The van der Waals surface area contributed by atoms with E-state index in [9.17, 15) is 9.59 Å². The van der Waals surface area contributed by atoms with Crippen LogP contribution in [0.4, 0.5) is 4.79 Å². The van der Waals surface area contributed by atoms with Crippen molar-refractivity contribution in [3.05, 3.63) is 42.1 Å².